The molecule has 1 rings (SSSR count). The summed E-state index contributed by atoms with van der Waals surface area (Å²) in [5.41, 5.74) is 2.27. The molecule has 0 aliphatic heterocycles. The average molecular weight is 166 g/mol. The lowest BCUT2D eigenvalue weighted by atomic mass is 10.0. The Morgan fingerprint density at radius 2 is 2.08 bits per heavy atom. The summed E-state index contributed by atoms with van der Waals surface area (Å²) in [5, 5.41) is 0. The molecule has 1 aromatic carbocycles. The van der Waals surface area contributed by atoms with E-state index in [0.29, 0.717) is 11.8 Å². The third-order valence-electron chi connectivity index (χ3n) is 1.85. The number of aldehydes is 1. The van der Waals surface area contributed by atoms with Crippen LogP contribution in [0.25, 0.3) is 0 Å². The molecule has 2 heteroatoms. The van der Waals surface area contributed by atoms with Gasteiger partial charge in [-0.3, -0.25) is 4.79 Å². The summed E-state index contributed by atoms with van der Waals surface area (Å²) in [6.07, 6.45) is -1.16. The smallest absolute Gasteiger partial charge is 0.180 e. The monoisotopic (exact) mass is 166 g/mol. The summed E-state index contributed by atoms with van der Waals surface area (Å²) in [6.45, 7) is 3.67. The maximum absolute atomic E-state index is 12.9. The van der Waals surface area contributed by atoms with E-state index in [-0.39, 0.29) is 0 Å². The molecule has 64 valence electrons. The molecule has 0 heterocycles. The van der Waals surface area contributed by atoms with Crippen LogP contribution < -0.4 is 0 Å². The van der Waals surface area contributed by atoms with Crippen molar-refractivity contribution in [2.24, 2.45) is 0 Å². The van der Waals surface area contributed by atoms with Gasteiger partial charge in [-0.25, -0.2) is 4.39 Å². The number of halogens is 1. The van der Waals surface area contributed by atoms with Crippen LogP contribution in [0.3, 0.4) is 0 Å². The van der Waals surface area contributed by atoms with Gasteiger partial charge in [0.2, 0.25) is 0 Å². The van der Waals surface area contributed by atoms with E-state index in [2.05, 4.69) is 0 Å². The number of alkyl halides is 1. The standard InChI is InChI=1S/C10H11FO/c1-7-3-4-8(2)9(5-7)10(11)6-12/h3-6,10H,1-2H3. The van der Waals surface area contributed by atoms with Gasteiger partial charge >= 0.3 is 0 Å². The highest BCUT2D eigenvalue weighted by Gasteiger charge is 2.10. The third kappa shape index (κ3) is 1.70. The summed E-state index contributed by atoms with van der Waals surface area (Å²) in [7, 11) is 0. The highest BCUT2D eigenvalue weighted by atomic mass is 19.1. The van der Waals surface area contributed by atoms with Crippen molar-refractivity contribution in [1.29, 1.82) is 0 Å². The number of benzene rings is 1. The molecule has 0 fully saturated rings. The molecular weight excluding hydrogens is 155 g/mol. The molecule has 0 saturated carbocycles. The lowest BCUT2D eigenvalue weighted by Gasteiger charge is -2.06. The van der Waals surface area contributed by atoms with Crippen molar-refractivity contribution in [3.05, 3.63) is 34.9 Å². The van der Waals surface area contributed by atoms with Crippen molar-refractivity contribution in [3.63, 3.8) is 0 Å². The first kappa shape index (κ1) is 8.91. The number of hydrogen-bond acceptors (Lipinski definition) is 1. The lowest BCUT2D eigenvalue weighted by Crippen LogP contribution is -1.96. The van der Waals surface area contributed by atoms with Crippen molar-refractivity contribution in [3.8, 4) is 0 Å². The van der Waals surface area contributed by atoms with Gasteiger partial charge in [-0.15, -0.1) is 0 Å². The molecule has 0 saturated heterocycles. The molecule has 0 amide bonds. The predicted molar refractivity (Wildman–Crippen MR) is 45.8 cm³/mol. The Hall–Kier alpha value is -1.18. The zero-order valence-corrected chi connectivity index (χ0v) is 7.17. The first-order valence-electron chi connectivity index (χ1n) is 3.81. The van der Waals surface area contributed by atoms with Gasteiger partial charge in [0.15, 0.2) is 12.5 Å². The first-order chi connectivity index (χ1) is 5.65. The zero-order chi connectivity index (χ0) is 9.14. The van der Waals surface area contributed by atoms with E-state index in [1.54, 1.807) is 13.0 Å². The van der Waals surface area contributed by atoms with Crippen LogP contribution in [-0.4, -0.2) is 6.29 Å². The van der Waals surface area contributed by atoms with Crippen molar-refractivity contribution < 1.29 is 9.18 Å². The van der Waals surface area contributed by atoms with Crippen LogP contribution in [0.1, 0.15) is 22.9 Å². The molecule has 0 aliphatic rings. The molecule has 1 atom stereocenters. The van der Waals surface area contributed by atoms with Crippen LogP contribution in [-0.2, 0) is 4.79 Å². The second kappa shape index (κ2) is 3.48. The zero-order valence-electron chi connectivity index (χ0n) is 7.17. The Morgan fingerprint density at radius 3 is 2.67 bits per heavy atom. The van der Waals surface area contributed by atoms with Gasteiger partial charge in [-0.05, 0) is 25.0 Å². The molecule has 1 aromatic rings. The molecule has 1 unspecified atom stereocenters. The quantitative estimate of drug-likeness (QED) is 0.617. The third-order valence-corrected chi connectivity index (χ3v) is 1.85. The van der Waals surface area contributed by atoms with Gasteiger partial charge in [-0.1, -0.05) is 23.8 Å². The van der Waals surface area contributed by atoms with Crippen LogP contribution in [0.15, 0.2) is 18.2 Å². The van der Waals surface area contributed by atoms with Crippen molar-refractivity contribution in [1.82, 2.24) is 0 Å². The normalized spacial score (nSPS) is 12.6. The summed E-state index contributed by atoms with van der Waals surface area (Å²) >= 11 is 0. The summed E-state index contributed by atoms with van der Waals surface area (Å²) in [4.78, 5) is 10.2. The molecule has 0 aliphatic carbocycles. The fourth-order valence-corrected chi connectivity index (χ4v) is 1.13. The summed E-state index contributed by atoms with van der Waals surface area (Å²) in [6, 6.07) is 5.42. The van der Waals surface area contributed by atoms with E-state index in [9.17, 15) is 9.18 Å². The minimum atomic E-state index is -1.48. The fraction of sp³-hybridized carbons (Fsp3) is 0.300. The molecule has 0 N–H and O–H groups in total. The van der Waals surface area contributed by atoms with E-state index >= 15 is 0 Å². The molecule has 1 nitrogen and oxygen atoms in total. The van der Waals surface area contributed by atoms with Gasteiger partial charge in [0.05, 0.1) is 0 Å². The van der Waals surface area contributed by atoms with E-state index in [4.69, 9.17) is 0 Å². The average Bonchev–Trinajstić information content (AvgIpc) is 2.08. The number of rotatable bonds is 2. The lowest BCUT2D eigenvalue weighted by molar-refractivity contribution is -0.112. The molecule has 12 heavy (non-hydrogen) atoms. The molecule has 0 aromatic heterocycles. The molecular formula is C10H11FO. The van der Waals surface area contributed by atoms with Gasteiger partial charge in [0, 0.05) is 0 Å². The number of carbonyl (C=O) groups excluding carboxylic acids is 1. The van der Waals surface area contributed by atoms with Crippen LogP contribution in [0.5, 0.6) is 0 Å². The van der Waals surface area contributed by atoms with Crippen LogP contribution in [0.4, 0.5) is 4.39 Å². The van der Waals surface area contributed by atoms with Crippen LogP contribution in [0.2, 0.25) is 0 Å². The van der Waals surface area contributed by atoms with E-state index in [1.165, 1.54) is 0 Å². The maximum Gasteiger partial charge on any atom is 0.180 e. The Labute approximate surface area is 71.2 Å². The number of hydrogen-bond donors (Lipinski definition) is 0. The minimum absolute atomic E-state index is 0.321. The first-order valence-corrected chi connectivity index (χ1v) is 3.81. The van der Waals surface area contributed by atoms with Crippen molar-refractivity contribution in [2.75, 3.05) is 0 Å². The Balaban J connectivity index is 3.12. The van der Waals surface area contributed by atoms with Crippen molar-refractivity contribution >= 4 is 6.29 Å². The van der Waals surface area contributed by atoms with Crippen molar-refractivity contribution in [2.45, 2.75) is 20.0 Å². The Bertz CT molecular complexity index is 294. The largest absolute Gasteiger partial charge is 0.300 e. The SMILES string of the molecule is Cc1ccc(C)c(C(F)C=O)c1. The second-order valence-electron chi connectivity index (χ2n) is 2.90. The van der Waals surface area contributed by atoms with E-state index in [1.807, 2.05) is 19.1 Å². The molecule has 0 bridgehead atoms. The van der Waals surface area contributed by atoms with Gasteiger partial charge in [0.1, 0.15) is 0 Å². The summed E-state index contributed by atoms with van der Waals surface area (Å²) in [5.74, 6) is 0. The highest BCUT2D eigenvalue weighted by Crippen LogP contribution is 2.20. The topological polar surface area (TPSA) is 17.1 Å². The fourth-order valence-electron chi connectivity index (χ4n) is 1.13. The maximum atomic E-state index is 12.9. The number of carbonyl (C=O) groups is 1. The minimum Gasteiger partial charge on any atom is -0.300 e. The predicted octanol–water partition coefficient (Wildman–Crippen LogP) is 2.51. The van der Waals surface area contributed by atoms with Gasteiger partial charge in [0.25, 0.3) is 0 Å². The summed E-state index contributed by atoms with van der Waals surface area (Å²) < 4.78 is 12.9. The van der Waals surface area contributed by atoms with E-state index in [0.717, 1.165) is 11.1 Å². The van der Waals surface area contributed by atoms with E-state index < -0.39 is 6.17 Å². The highest BCUT2D eigenvalue weighted by molar-refractivity contribution is 5.61. The molecule has 0 spiro atoms. The Morgan fingerprint density at radius 1 is 1.42 bits per heavy atom. The number of aryl methyl sites for hydroxylation is 2. The van der Waals surface area contributed by atoms with Gasteiger partial charge < -0.3 is 0 Å². The Kier molecular flexibility index (Phi) is 2.58. The van der Waals surface area contributed by atoms with Crippen LogP contribution >= 0.6 is 0 Å². The van der Waals surface area contributed by atoms with Crippen LogP contribution in [0, 0.1) is 13.8 Å². The molecule has 0 radical (unpaired) electrons. The second-order valence-corrected chi connectivity index (χ2v) is 2.90. The van der Waals surface area contributed by atoms with Gasteiger partial charge in [-0.2, -0.15) is 0 Å².